The van der Waals surface area contributed by atoms with Gasteiger partial charge in [-0.25, -0.2) is 19.9 Å². The fourth-order valence-electron chi connectivity index (χ4n) is 6.72. The maximum Gasteiger partial charge on any atom is 0.261 e. The molecule has 0 saturated heterocycles. The third kappa shape index (κ3) is 13.6. The van der Waals surface area contributed by atoms with E-state index in [1.165, 1.54) is 35.8 Å². The van der Waals surface area contributed by atoms with E-state index < -0.39 is 0 Å². The second-order valence-electron chi connectivity index (χ2n) is 15.7. The molecular formula is C52H53N9O6S2. The van der Waals surface area contributed by atoms with E-state index >= 15 is 0 Å². The quantitative estimate of drug-likeness (QED) is 0.0548. The molecular weight excluding hydrogens is 911 g/mol. The molecule has 5 N–H and O–H groups in total. The van der Waals surface area contributed by atoms with E-state index in [0.717, 1.165) is 38.8 Å². The van der Waals surface area contributed by atoms with Crippen molar-refractivity contribution in [3.63, 3.8) is 0 Å². The van der Waals surface area contributed by atoms with Crippen molar-refractivity contribution in [1.82, 2.24) is 35.5 Å². The zero-order valence-electron chi connectivity index (χ0n) is 39.0. The Morgan fingerprint density at radius 3 is 1.55 bits per heavy atom. The van der Waals surface area contributed by atoms with Crippen LogP contribution >= 0.6 is 22.7 Å². The molecule has 0 aliphatic carbocycles. The summed E-state index contributed by atoms with van der Waals surface area (Å²) in [6, 6.07) is 41.1. The Bertz CT molecular complexity index is 2950. The summed E-state index contributed by atoms with van der Waals surface area (Å²) < 4.78 is 16.4. The lowest BCUT2D eigenvalue weighted by molar-refractivity contribution is 0.0935. The number of thiophene rings is 2. The van der Waals surface area contributed by atoms with Crippen LogP contribution in [0.25, 0.3) is 21.1 Å². The number of rotatable bonds is 18. The van der Waals surface area contributed by atoms with E-state index in [-0.39, 0.29) is 29.6 Å². The number of hydrogen-bond acceptors (Lipinski definition) is 15. The molecule has 354 valence electrons. The number of carbonyl (C=O) groups is 2. The summed E-state index contributed by atoms with van der Waals surface area (Å²) in [5, 5.41) is 22.3. The number of nitrogens with zero attached hydrogens (tertiary/aromatic N) is 5. The highest BCUT2D eigenvalue weighted by molar-refractivity contribution is 7.17. The standard InChI is InChI=1S/C28H31N5O3S.C24H22N4O3S/c1-19(20-8-6-5-7-9-20)30-27(34)26-13-12-25(37-26)22-14-15-29-28(32-22)31-21-10-11-23(35-4)24(18-21)36-17-16-33(2)3;1-15(16-6-4-3-5-7-16)26-23(30)22-11-10-21(32-22)18-12-13-25-24(28-18)27-17-8-9-20(31-2)19(29)14-17/h5-15,18-19H,16-17H2,1-4H3,(H,30,34)(H,29,31,32);3-15,29H,1-2H3,(H,26,30)(H,25,27,28)/t19-;15-/m11/s1. The van der Waals surface area contributed by atoms with Crippen molar-refractivity contribution in [2.75, 3.05) is 52.1 Å². The number of methoxy groups -OCH3 is 2. The average molecular weight is 964 g/mol. The first-order valence-electron chi connectivity index (χ1n) is 21.9. The van der Waals surface area contributed by atoms with E-state index in [1.807, 2.05) is 131 Å². The fraction of sp³-hybridized carbons (Fsp3) is 0.192. The minimum atomic E-state index is -0.126. The van der Waals surface area contributed by atoms with Crippen LogP contribution in [0.2, 0.25) is 0 Å². The number of ether oxygens (including phenoxy) is 3. The minimum Gasteiger partial charge on any atom is -0.504 e. The molecule has 4 aromatic carbocycles. The zero-order valence-corrected chi connectivity index (χ0v) is 40.6. The number of nitrogens with one attached hydrogen (secondary N) is 4. The van der Waals surface area contributed by atoms with Crippen molar-refractivity contribution in [1.29, 1.82) is 0 Å². The van der Waals surface area contributed by atoms with Gasteiger partial charge >= 0.3 is 0 Å². The lowest BCUT2D eigenvalue weighted by Gasteiger charge is -2.15. The Labute approximate surface area is 409 Å². The summed E-state index contributed by atoms with van der Waals surface area (Å²) in [5.41, 5.74) is 4.94. The van der Waals surface area contributed by atoms with E-state index in [0.29, 0.717) is 56.9 Å². The van der Waals surface area contributed by atoms with Crippen LogP contribution in [0, 0.1) is 0 Å². The van der Waals surface area contributed by atoms with Gasteiger partial charge in [0, 0.05) is 42.4 Å². The van der Waals surface area contributed by atoms with Crippen LogP contribution in [0.3, 0.4) is 0 Å². The summed E-state index contributed by atoms with van der Waals surface area (Å²) in [4.78, 5) is 48.3. The van der Waals surface area contributed by atoms with Gasteiger partial charge in [-0.05, 0) is 99.7 Å². The maximum absolute atomic E-state index is 12.8. The van der Waals surface area contributed by atoms with Gasteiger partial charge in [0.1, 0.15) is 6.61 Å². The lowest BCUT2D eigenvalue weighted by Crippen LogP contribution is -2.25. The molecule has 69 heavy (non-hydrogen) atoms. The molecule has 8 rings (SSSR count). The molecule has 0 fully saturated rings. The number of benzene rings is 4. The number of aromatic nitrogens is 4. The monoisotopic (exact) mass is 963 g/mol. The summed E-state index contributed by atoms with van der Waals surface area (Å²) >= 11 is 2.76. The number of hydrogen-bond donors (Lipinski definition) is 5. The first kappa shape index (κ1) is 49.1. The maximum atomic E-state index is 12.8. The van der Waals surface area contributed by atoms with Crippen molar-refractivity contribution < 1.29 is 28.9 Å². The van der Waals surface area contributed by atoms with E-state index in [9.17, 15) is 14.7 Å². The molecule has 0 radical (unpaired) electrons. The molecule has 4 heterocycles. The molecule has 0 bridgehead atoms. The normalized spacial score (nSPS) is 11.6. The van der Waals surface area contributed by atoms with Crippen LogP contribution in [0.5, 0.6) is 23.0 Å². The predicted molar refractivity (Wildman–Crippen MR) is 274 cm³/mol. The molecule has 0 aliphatic heterocycles. The van der Waals surface area contributed by atoms with Crippen LogP contribution in [0.1, 0.15) is 56.4 Å². The largest absolute Gasteiger partial charge is 0.504 e. The van der Waals surface area contributed by atoms with Gasteiger partial charge in [0.05, 0.1) is 57.2 Å². The van der Waals surface area contributed by atoms with Gasteiger partial charge in [-0.15, -0.1) is 22.7 Å². The third-order valence-corrected chi connectivity index (χ3v) is 12.6. The second-order valence-corrected chi connectivity index (χ2v) is 17.9. The first-order chi connectivity index (χ1) is 33.5. The highest BCUT2D eigenvalue weighted by Crippen LogP contribution is 2.34. The number of phenols is 1. The third-order valence-electron chi connectivity index (χ3n) is 10.4. The molecule has 17 heteroatoms. The van der Waals surface area contributed by atoms with Crippen LogP contribution in [-0.4, -0.2) is 83.2 Å². The van der Waals surface area contributed by atoms with Crippen LogP contribution in [0.4, 0.5) is 23.3 Å². The number of aromatic hydroxyl groups is 1. The molecule has 0 saturated carbocycles. The number of anilines is 4. The van der Waals surface area contributed by atoms with Gasteiger partial charge in [-0.1, -0.05) is 60.7 Å². The van der Waals surface area contributed by atoms with Gasteiger partial charge in [0.15, 0.2) is 23.0 Å². The summed E-state index contributed by atoms with van der Waals surface area (Å²) in [6.07, 6.45) is 3.34. The first-order valence-corrected chi connectivity index (χ1v) is 23.5. The summed E-state index contributed by atoms with van der Waals surface area (Å²) in [5.74, 6) is 2.29. The molecule has 2 amide bonds. The topological polar surface area (TPSA) is 185 Å². The Balaban J connectivity index is 0.000000206. The number of amides is 2. The number of phenolic OH excluding ortho intramolecular Hbond substituents is 1. The van der Waals surface area contributed by atoms with Gasteiger partial charge < -0.3 is 45.5 Å². The molecule has 15 nitrogen and oxygen atoms in total. The van der Waals surface area contributed by atoms with Gasteiger partial charge in [0.25, 0.3) is 11.8 Å². The fourth-order valence-corrected chi connectivity index (χ4v) is 8.48. The Hall–Kier alpha value is -7.86. The van der Waals surface area contributed by atoms with E-state index in [4.69, 9.17) is 14.2 Å². The van der Waals surface area contributed by atoms with Crippen molar-refractivity contribution in [3.8, 4) is 44.1 Å². The Kier molecular flexibility index (Phi) is 16.9. The van der Waals surface area contributed by atoms with Crippen LogP contribution in [-0.2, 0) is 0 Å². The van der Waals surface area contributed by atoms with Gasteiger partial charge in [0.2, 0.25) is 11.9 Å². The van der Waals surface area contributed by atoms with Crippen molar-refractivity contribution in [2.45, 2.75) is 25.9 Å². The van der Waals surface area contributed by atoms with Crippen molar-refractivity contribution >= 4 is 57.8 Å². The zero-order chi connectivity index (χ0) is 48.7. The van der Waals surface area contributed by atoms with E-state index in [1.54, 1.807) is 43.8 Å². The highest BCUT2D eigenvalue weighted by Gasteiger charge is 2.17. The number of likely N-dealkylation sites (N-methyl/N-ethyl adjacent to an activating group) is 1. The predicted octanol–water partition coefficient (Wildman–Crippen LogP) is 10.5. The van der Waals surface area contributed by atoms with Crippen molar-refractivity contribution in [3.05, 3.63) is 167 Å². The number of carbonyl (C=O) groups excluding carboxylic acids is 2. The molecule has 4 aromatic heterocycles. The minimum absolute atomic E-state index is 0.0206. The van der Waals surface area contributed by atoms with E-state index in [2.05, 4.69) is 46.1 Å². The lowest BCUT2D eigenvalue weighted by atomic mass is 10.1. The summed E-state index contributed by atoms with van der Waals surface area (Å²) in [6.45, 7) is 5.26. The molecule has 2 atom stereocenters. The molecule has 0 unspecified atom stereocenters. The van der Waals surface area contributed by atoms with Crippen molar-refractivity contribution in [2.24, 2.45) is 0 Å². The summed E-state index contributed by atoms with van der Waals surface area (Å²) in [7, 11) is 7.10. The van der Waals surface area contributed by atoms with Crippen LogP contribution in [0.15, 0.2) is 146 Å². The van der Waals surface area contributed by atoms with Gasteiger partial charge in [-0.2, -0.15) is 0 Å². The van der Waals surface area contributed by atoms with Crippen LogP contribution < -0.4 is 35.5 Å². The van der Waals surface area contributed by atoms with Gasteiger partial charge in [-0.3, -0.25) is 9.59 Å². The Morgan fingerprint density at radius 2 is 1.09 bits per heavy atom. The highest BCUT2D eigenvalue weighted by atomic mass is 32.1. The molecule has 0 spiro atoms. The Morgan fingerprint density at radius 1 is 0.609 bits per heavy atom. The average Bonchev–Trinajstić information content (AvgIpc) is 4.08. The second kappa shape index (κ2) is 23.7. The molecule has 8 aromatic rings. The smallest absolute Gasteiger partial charge is 0.261 e. The molecule has 0 aliphatic rings. The SMILES string of the molecule is COc1ccc(Nc2nccc(-c3ccc(C(=O)N[C@H](C)c4ccccc4)s3)n2)cc1O.COc1ccc(Nc2nccc(-c3ccc(C(=O)N[C@H](C)c4ccccc4)s3)n2)cc1OCCN(C)C.